The number of carbonyl (C=O) groups excluding carboxylic acids is 1. The van der Waals surface area contributed by atoms with E-state index in [0.717, 1.165) is 28.2 Å². The van der Waals surface area contributed by atoms with Crippen molar-refractivity contribution in [3.8, 4) is 11.4 Å². The Morgan fingerprint density at radius 2 is 1.97 bits per heavy atom. The summed E-state index contributed by atoms with van der Waals surface area (Å²) in [4.78, 5) is 17.3. The first-order chi connectivity index (χ1) is 14.5. The van der Waals surface area contributed by atoms with Gasteiger partial charge in [0.2, 0.25) is 0 Å². The van der Waals surface area contributed by atoms with Gasteiger partial charge in [-0.2, -0.15) is 10.2 Å². The molecule has 3 aromatic heterocycles. The monoisotopic (exact) mass is 404 g/mol. The number of amides is 1. The second-order valence-corrected chi connectivity index (χ2v) is 7.35. The zero-order valence-corrected chi connectivity index (χ0v) is 17.5. The molecule has 0 fully saturated rings. The lowest BCUT2D eigenvalue weighted by Gasteiger charge is -2.09. The van der Waals surface area contributed by atoms with Gasteiger partial charge >= 0.3 is 0 Å². The number of hydrogen-bond acceptors (Lipinski definition) is 5. The average Bonchev–Trinajstić information content (AvgIpc) is 3.38. The van der Waals surface area contributed by atoms with Crippen molar-refractivity contribution < 1.29 is 9.53 Å². The molecule has 0 atom stereocenters. The van der Waals surface area contributed by atoms with Crippen LogP contribution in [0.5, 0.6) is 5.75 Å². The summed E-state index contributed by atoms with van der Waals surface area (Å²) in [5.41, 5.74) is 3.68. The van der Waals surface area contributed by atoms with Crippen LogP contribution in [0.4, 0.5) is 0 Å². The molecule has 8 nitrogen and oxygen atoms in total. The lowest BCUT2D eigenvalue weighted by atomic mass is 10.1. The van der Waals surface area contributed by atoms with Crippen LogP contribution < -0.4 is 10.1 Å². The predicted octanol–water partition coefficient (Wildman–Crippen LogP) is 3.44. The number of hydrogen-bond donors (Lipinski definition) is 1. The minimum absolute atomic E-state index is 0.182. The Bertz CT molecular complexity index is 1190. The molecule has 4 rings (SSSR count). The number of rotatable bonds is 6. The number of ether oxygens (including phenoxy) is 1. The molecule has 0 aliphatic rings. The number of fused-ring (bicyclic) bond motifs is 1. The van der Waals surface area contributed by atoms with Gasteiger partial charge in [0.15, 0.2) is 5.65 Å². The summed E-state index contributed by atoms with van der Waals surface area (Å²) in [7, 11) is 1.63. The van der Waals surface area contributed by atoms with Gasteiger partial charge in [0, 0.05) is 17.6 Å². The predicted molar refractivity (Wildman–Crippen MR) is 114 cm³/mol. The fraction of sp³-hybridized carbons (Fsp3) is 0.273. The second kappa shape index (κ2) is 7.98. The Morgan fingerprint density at radius 3 is 2.67 bits per heavy atom. The van der Waals surface area contributed by atoms with Gasteiger partial charge in [-0.05, 0) is 57.2 Å². The van der Waals surface area contributed by atoms with Crippen LogP contribution in [0, 0.1) is 6.92 Å². The molecule has 0 radical (unpaired) electrons. The topological polar surface area (TPSA) is 86.9 Å². The van der Waals surface area contributed by atoms with Crippen LogP contribution in [0.2, 0.25) is 0 Å². The van der Waals surface area contributed by atoms with Crippen molar-refractivity contribution in [1.29, 1.82) is 0 Å². The fourth-order valence-electron chi connectivity index (χ4n) is 3.27. The molecule has 1 aromatic carbocycles. The number of aromatic nitrogens is 5. The van der Waals surface area contributed by atoms with E-state index in [1.165, 1.54) is 0 Å². The average molecular weight is 404 g/mol. The quantitative estimate of drug-likeness (QED) is 0.532. The van der Waals surface area contributed by atoms with Crippen molar-refractivity contribution in [2.24, 2.45) is 0 Å². The van der Waals surface area contributed by atoms with Crippen LogP contribution in [0.15, 0.2) is 48.8 Å². The van der Waals surface area contributed by atoms with E-state index in [-0.39, 0.29) is 11.9 Å². The summed E-state index contributed by atoms with van der Waals surface area (Å²) in [6, 6.07) is 11.5. The molecular weight excluding hydrogens is 380 g/mol. The van der Waals surface area contributed by atoms with Gasteiger partial charge in [0.25, 0.3) is 5.91 Å². The molecule has 0 saturated carbocycles. The Balaban J connectivity index is 1.47. The number of methoxy groups -OCH3 is 1. The van der Waals surface area contributed by atoms with E-state index in [9.17, 15) is 4.79 Å². The zero-order chi connectivity index (χ0) is 21.3. The van der Waals surface area contributed by atoms with Crippen LogP contribution in [0.25, 0.3) is 16.7 Å². The summed E-state index contributed by atoms with van der Waals surface area (Å²) in [6.07, 6.45) is 3.61. The minimum Gasteiger partial charge on any atom is -0.497 e. The number of nitrogens with one attached hydrogen (secondary N) is 1. The summed E-state index contributed by atoms with van der Waals surface area (Å²) in [6.45, 7) is 6.26. The molecule has 30 heavy (non-hydrogen) atoms. The van der Waals surface area contributed by atoms with E-state index in [1.807, 2.05) is 54.2 Å². The lowest BCUT2D eigenvalue weighted by molar-refractivity contribution is 0.0949. The van der Waals surface area contributed by atoms with Gasteiger partial charge in [0.05, 0.1) is 42.5 Å². The molecule has 154 valence electrons. The number of aryl methyl sites for hydroxylation is 1. The SMILES string of the molecule is COc1ccc(-n2ccc(CNC(=O)c3cc4cnn(C(C)C)c4nc3C)n2)cc1. The molecule has 0 saturated heterocycles. The van der Waals surface area contributed by atoms with E-state index in [1.54, 1.807) is 18.0 Å². The summed E-state index contributed by atoms with van der Waals surface area (Å²) >= 11 is 0. The number of pyridine rings is 1. The molecule has 0 bridgehead atoms. The highest BCUT2D eigenvalue weighted by atomic mass is 16.5. The van der Waals surface area contributed by atoms with Crippen LogP contribution in [0.1, 0.15) is 41.6 Å². The van der Waals surface area contributed by atoms with Crippen molar-refractivity contribution >= 4 is 16.9 Å². The molecule has 1 N–H and O–H groups in total. The van der Waals surface area contributed by atoms with Crippen molar-refractivity contribution in [3.63, 3.8) is 0 Å². The number of nitrogens with zero attached hydrogens (tertiary/aromatic N) is 5. The third-order valence-corrected chi connectivity index (χ3v) is 4.90. The molecule has 0 aliphatic heterocycles. The molecule has 4 aromatic rings. The first-order valence-electron chi connectivity index (χ1n) is 9.78. The Hall–Kier alpha value is -3.68. The fourth-order valence-corrected chi connectivity index (χ4v) is 3.27. The van der Waals surface area contributed by atoms with Gasteiger partial charge < -0.3 is 10.1 Å². The van der Waals surface area contributed by atoms with Crippen LogP contribution in [-0.4, -0.2) is 37.6 Å². The Kier molecular flexibility index (Phi) is 5.22. The Morgan fingerprint density at radius 1 is 1.20 bits per heavy atom. The van der Waals surface area contributed by atoms with Crippen molar-refractivity contribution in [3.05, 3.63) is 65.7 Å². The molecule has 3 heterocycles. The van der Waals surface area contributed by atoms with E-state index >= 15 is 0 Å². The number of carbonyl (C=O) groups is 1. The molecule has 1 amide bonds. The van der Waals surface area contributed by atoms with Gasteiger partial charge in [-0.1, -0.05) is 0 Å². The molecule has 0 spiro atoms. The molecule has 0 aliphatic carbocycles. The maximum atomic E-state index is 12.7. The van der Waals surface area contributed by atoms with E-state index in [2.05, 4.69) is 34.3 Å². The highest BCUT2D eigenvalue weighted by Gasteiger charge is 2.15. The van der Waals surface area contributed by atoms with Crippen LogP contribution in [0.3, 0.4) is 0 Å². The third-order valence-electron chi connectivity index (χ3n) is 4.90. The summed E-state index contributed by atoms with van der Waals surface area (Å²) in [5.74, 6) is 0.608. The first-order valence-corrected chi connectivity index (χ1v) is 9.78. The molecular formula is C22H24N6O2. The smallest absolute Gasteiger partial charge is 0.253 e. The van der Waals surface area contributed by atoms with Crippen molar-refractivity contribution in [2.45, 2.75) is 33.4 Å². The number of benzene rings is 1. The first kappa shape index (κ1) is 19.6. The minimum atomic E-state index is -0.182. The van der Waals surface area contributed by atoms with Crippen LogP contribution >= 0.6 is 0 Å². The standard InChI is InChI=1S/C22H24N6O2/c1-14(2)28-21-16(12-24-28)11-20(15(3)25-21)22(29)23-13-17-9-10-27(26-17)18-5-7-19(30-4)8-6-18/h5-12,14H,13H2,1-4H3,(H,23,29). The summed E-state index contributed by atoms with van der Waals surface area (Å²) in [5, 5.41) is 12.7. The van der Waals surface area contributed by atoms with Crippen LogP contribution in [-0.2, 0) is 6.54 Å². The Labute approximate surface area is 174 Å². The molecule has 0 unspecified atom stereocenters. The van der Waals surface area contributed by atoms with Gasteiger partial charge in [-0.25, -0.2) is 14.3 Å². The third kappa shape index (κ3) is 3.76. The molecule has 8 heteroatoms. The zero-order valence-electron chi connectivity index (χ0n) is 17.5. The van der Waals surface area contributed by atoms with Gasteiger partial charge in [0.1, 0.15) is 5.75 Å². The lowest BCUT2D eigenvalue weighted by Crippen LogP contribution is -2.24. The van der Waals surface area contributed by atoms with Crippen molar-refractivity contribution in [2.75, 3.05) is 7.11 Å². The van der Waals surface area contributed by atoms with E-state index < -0.39 is 0 Å². The van der Waals surface area contributed by atoms with Gasteiger partial charge in [-0.15, -0.1) is 0 Å². The maximum absolute atomic E-state index is 12.7. The largest absolute Gasteiger partial charge is 0.497 e. The second-order valence-electron chi connectivity index (χ2n) is 7.35. The summed E-state index contributed by atoms with van der Waals surface area (Å²) < 4.78 is 8.80. The van der Waals surface area contributed by atoms with Crippen molar-refractivity contribution in [1.82, 2.24) is 29.9 Å². The normalized spacial score (nSPS) is 11.2. The maximum Gasteiger partial charge on any atom is 0.253 e. The van der Waals surface area contributed by atoms with E-state index in [0.29, 0.717) is 17.8 Å². The highest BCUT2D eigenvalue weighted by Crippen LogP contribution is 2.19. The van der Waals surface area contributed by atoms with Gasteiger partial charge in [-0.3, -0.25) is 4.79 Å². The van der Waals surface area contributed by atoms with E-state index in [4.69, 9.17) is 4.74 Å². The highest BCUT2D eigenvalue weighted by molar-refractivity contribution is 5.98.